The van der Waals surface area contributed by atoms with E-state index in [1.807, 2.05) is 17.9 Å². The maximum atomic E-state index is 5.76. The summed E-state index contributed by atoms with van der Waals surface area (Å²) >= 11 is 3.59. The van der Waals surface area contributed by atoms with Crippen LogP contribution in [0.5, 0.6) is 0 Å². The normalized spacial score (nSPS) is 21.4. The third kappa shape index (κ3) is 3.33. The molecule has 2 heterocycles. The summed E-state index contributed by atoms with van der Waals surface area (Å²) < 4.78 is 8.79. The first-order chi connectivity index (χ1) is 8.72. The molecule has 1 aliphatic heterocycles. The first kappa shape index (κ1) is 14.0. The zero-order chi connectivity index (χ0) is 13.0. The number of rotatable bonds is 6. The zero-order valence-corrected chi connectivity index (χ0v) is 12.7. The fourth-order valence-corrected chi connectivity index (χ4v) is 3.14. The van der Waals surface area contributed by atoms with Crippen LogP contribution in [0, 0.1) is 0 Å². The van der Waals surface area contributed by atoms with Crippen molar-refractivity contribution < 1.29 is 4.74 Å². The molecule has 2 atom stereocenters. The van der Waals surface area contributed by atoms with Gasteiger partial charge >= 0.3 is 0 Å². The van der Waals surface area contributed by atoms with Gasteiger partial charge in [0, 0.05) is 13.7 Å². The molecule has 1 aromatic rings. The number of aromatic nitrogens is 2. The molecule has 0 bridgehead atoms. The van der Waals surface area contributed by atoms with Crippen molar-refractivity contribution in [3.63, 3.8) is 0 Å². The molecule has 0 radical (unpaired) electrons. The van der Waals surface area contributed by atoms with Gasteiger partial charge in [0.2, 0.25) is 0 Å². The Bertz CT molecular complexity index is 355. The molecule has 0 amide bonds. The van der Waals surface area contributed by atoms with Gasteiger partial charge in [-0.2, -0.15) is 5.10 Å². The van der Waals surface area contributed by atoms with Crippen LogP contribution < -0.4 is 5.32 Å². The Kier molecular flexibility index (Phi) is 5.21. The van der Waals surface area contributed by atoms with E-state index in [1.54, 1.807) is 0 Å². The molecule has 1 fully saturated rings. The van der Waals surface area contributed by atoms with Crippen LogP contribution in [0.1, 0.15) is 44.3 Å². The van der Waals surface area contributed by atoms with Crippen molar-refractivity contribution in [2.24, 2.45) is 7.05 Å². The van der Waals surface area contributed by atoms with Gasteiger partial charge in [-0.3, -0.25) is 4.68 Å². The highest BCUT2D eigenvalue weighted by Gasteiger charge is 2.25. The molecule has 4 nitrogen and oxygen atoms in total. The summed E-state index contributed by atoms with van der Waals surface area (Å²) in [6, 6.07) is 0.315. The molecule has 18 heavy (non-hydrogen) atoms. The predicted octanol–water partition coefficient (Wildman–Crippen LogP) is 2.79. The topological polar surface area (TPSA) is 39.1 Å². The lowest BCUT2D eigenvalue weighted by Crippen LogP contribution is -2.28. The Morgan fingerprint density at radius 3 is 3.06 bits per heavy atom. The van der Waals surface area contributed by atoms with Gasteiger partial charge in [0.25, 0.3) is 0 Å². The van der Waals surface area contributed by atoms with Crippen LogP contribution in [0.25, 0.3) is 0 Å². The maximum Gasteiger partial charge on any atom is 0.0693 e. The third-order valence-electron chi connectivity index (χ3n) is 3.43. The van der Waals surface area contributed by atoms with Gasteiger partial charge in [-0.25, -0.2) is 0 Å². The highest BCUT2D eigenvalue weighted by Crippen LogP contribution is 2.29. The lowest BCUT2D eigenvalue weighted by Gasteiger charge is -2.22. The van der Waals surface area contributed by atoms with Crippen LogP contribution in [-0.4, -0.2) is 29.0 Å². The van der Waals surface area contributed by atoms with Crippen LogP contribution in [0.3, 0.4) is 0 Å². The second-order valence-corrected chi connectivity index (χ2v) is 5.73. The van der Waals surface area contributed by atoms with Crippen LogP contribution >= 0.6 is 15.9 Å². The number of hydrogen-bond donors (Lipinski definition) is 1. The minimum Gasteiger partial charge on any atom is -0.378 e. The quantitative estimate of drug-likeness (QED) is 0.877. The molecule has 0 saturated carbocycles. The lowest BCUT2D eigenvalue weighted by molar-refractivity contribution is 0.0936. The van der Waals surface area contributed by atoms with E-state index in [4.69, 9.17) is 4.74 Å². The molecule has 102 valence electrons. The molecule has 1 saturated heterocycles. The van der Waals surface area contributed by atoms with Crippen molar-refractivity contribution in [1.29, 1.82) is 0 Å². The Morgan fingerprint density at radius 2 is 2.50 bits per heavy atom. The largest absolute Gasteiger partial charge is 0.378 e. The molecule has 0 aliphatic carbocycles. The Balaban J connectivity index is 2.08. The molecular formula is C13H22BrN3O. The van der Waals surface area contributed by atoms with E-state index in [-0.39, 0.29) is 0 Å². The van der Waals surface area contributed by atoms with Gasteiger partial charge < -0.3 is 10.1 Å². The van der Waals surface area contributed by atoms with Crippen molar-refractivity contribution in [3.8, 4) is 0 Å². The minimum absolute atomic E-state index is 0.315. The van der Waals surface area contributed by atoms with Gasteiger partial charge in [0.05, 0.1) is 28.5 Å². The third-order valence-corrected chi connectivity index (χ3v) is 4.04. The summed E-state index contributed by atoms with van der Waals surface area (Å²) in [5, 5.41) is 7.92. The molecule has 1 aliphatic rings. The number of hydrogen-bond acceptors (Lipinski definition) is 3. The molecule has 0 aromatic carbocycles. The summed E-state index contributed by atoms with van der Waals surface area (Å²) in [7, 11) is 2.00. The average molecular weight is 316 g/mol. The molecule has 5 heteroatoms. The van der Waals surface area contributed by atoms with E-state index in [2.05, 4.69) is 33.3 Å². The fraction of sp³-hybridized carbons (Fsp3) is 0.769. The van der Waals surface area contributed by atoms with Crippen molar-refractivity contribution in [2.75, 3.05) is 13.2 Å². The SMILES string of the molecule is CCCNC(CC1CCCO1)c1c(Br)cnn1C. The minimum atomic E-state index is 0.315. The van der Waals surface area contributed by atoms with Gasteiger partial charge in [0.15, 0.2) is 0 Å². The maximum absolute atomic E-state index is 5.76. The van der Waals surface area contributed by atoms with Crippen LogP contribution in [0.2, 0.25) is 0 Å². The summed E-state index contributed by atoms with van der Waals surface area (Å²) in [4.78, 5) is 0. The molecule has 0 spiro atoms. The van der Waals surface area contributed by atoms with E-state index in [1.165, 1.54) is 18.5 Å². The summed E-state index contributed by atoms with van der Waals surface area (Å²) in [5.74, 6) is 0. The molecule has 2 unspecified atom stereocenters. The van der Waals surface area contributed by atoms with Gasteiger partial charge in [-0.05, 0) is 48.2 Å². The van der Waals surface area contributed by atoms with Gasteiger partial charge in [0.1, 0.15) is 0 Å². The molecule has 2 rings (SSSR count). The second-order valence-electron chi connectivity index (χ2n) is 4.88. The predicted molar refractivity (Wildman–Crippen MR) is 75.5 cm³/mol. The smallest absolute Gasteiger partial charge is 0.0693 e. The van der Waals surface area contributed by atoms with Crippen LogP contribution in [0.4, 0.5) is 0 Å². The van der Waals surface area contributed by atoms with Crippen molar-refractivity contribution in [1.82, 2.24) is 15.1 Å². The number of nitrogens with one attached hydrogen (secondary N) is 1. The standard InChI is InChI=1S/C13H22BrN3O/c1-3-6-15-12(8-10-5-4-7-18-10)13-11(14)9-16-17(13)2/h9-10,12,15H,3-8H2,1-2H3. The number of halogens is 1. The highest BCUT2D eigenvalue weighted by atomic mass is 79.9. The van der Waals surface area contributed by atoms with Crippen molar-refractivity contribution >= 4 is 15.9 Å². The Hall–Kier alpha value is -0.390. The van der Waals surface area contributed by atoms with E-state index in [9.17, 15) is 0 Å². The van der Waals surface area contributed by atoms with E-state index >= 15 is 0 Å². The van der Waals surface area contributed by atoms with E-state index in [0.717, 1.165) is 30.5 Å². The summed E-state index contributed by atoms with van der Waals surface area (Å²) in [5.41, 5.74) is 1.22. The van der Waals surface area contributed by atoms with Crippen LogP contribution in [-0.2, 0) is 11.8 Å². The van der Waals surface area contributed by atoms with Crippen LogP contribution in [0.15, 0.2) is 10.7 Å². The molecule has 1 aromatic heterocycles. The Labute approximate surface area is 117 Å². The second kappa shape index (κ2) is 6.68. The van der Waals surface area contributed by atoms with Crippen molar-refractivity contribution in [2.45, 2.75) is 44.8 Å². The fourth-order valence-electron chi connectivity index (χ4n) is 2.52. The first-order valence-corrected chi connectivity index (χ1v) is 7.54. The monoisotopic (exact) mass is 315 g/mol. The molecular weight excluding hydrogens is 294 g/mol. The number of nitrogens with zero attached hydrogens (tertiary/aromatic N) is 2. The number of ether oxygens (including phenoxy) is 1. The van der Waals surface area contributed by atoms with Crippen molar-refractivity contribution in [3.05, 3.63) is 16.4 Å². The first-order valence-electron chi connectivity index (χ1n) is 6.74. The van der Waals surface area contributed by atoms with E-state index in [0.29, 0.717) is 12.1 Å². The zero-order valence-electron chi connectivity index (χ0n) is 11.2. The van der Waals surface area contributed by atoms with Gasteiger partial charge in [-0.15, -0.1) is 0 Å². The lowest BCUT2D eigenvalue weighted by atomic mass is 10.0. The average Bonchev–Trinajstić information content (AvgIpc) is 2.96. The summed E-state index contributed by atoms with van der Waals surface area (Å²) in [6.45, 7) is 4.13. The van der Waals surface area contributed by atoms with Gasteiger partial charge in [-0.1, -0.05) is 6.92 Å². The van der Waals surface area contributed by atoms with E-state index < -0.39 is 0 Å². The number of aryl methyl sites for hydroxylation is 1. The Morgan fingerprint density at radius 1 is 1.67 bits per heavy atom. The molecule has 1 N–H and O–H groups in total. The highest BCUT2D eigenvalue weighted by molar-refractivity contribution is 9.10. The summed E-state index contributed by atoms with van der Waals surface area (Å²) in [6.07, 6.45) is 6.79.